The molecule has 0 bridgehead atoms. The molecule has 0 fully saturated rings. The van der Waals surface area contributed by atoms with Gasteiger partial charge in [-0.15, -0.1) is 0 Å². The van der Waals surface area contributed by atoms with Crippen LogP contribution in [0.25, 0.3) is 0 Å². The number of nitro benzene ring substituents is 1. The first-order chi connectivity index (χ1) is 13.5. The van der Waals surface area contributed by atoms with Gasteiger partial charge in [0.25, 0.3) is 5.69 Å². The maximum Gasteiger partial charge on any atom is 0.274 e. The van der Waals surface area contributed by atoms with E-state index in [1.165, 1.54) is 0 Å². The zero-order valence-corrected chi connectivity index (χ0v) is 15.9. The highest BCUT2D eigenvalue weighted by Crippen LogP contribution is 2.38. The van der Waals surface area contributed by atoms with Crippen molar-refractivity contribution in [3.8, 4) is 5.75 Å². The van der Waals surface area contributed by atoms with Crippen LogP contribution in [0, 0.1) is 10.1 Å². The van der Waals surface area contributed by atoms with Crippen LogP contribution >= 0.6 is 11.6 Å². The molecule has 0 unspecified atom stereocenters. The third-order valence-electron chi connectivity index (χ3n) is 5.20. The molecule has 2 aromatic carbocycles. The van der Waals surface area contributed by atoms with Gasteiger partial charge in [0.2, 0.25) is 0 Å². The predicted molar refractivity (Wildman–Crippen MR) is 108 cm³/mol. The normalized spacial score (nSPS) is 17.1. The monoisotopic (exact) mass is 397 g/mol. The van der Waals surface area contributed by atoms with E-state index in [4.69, 9.17) is 11.6 Å². The van der Waals surface area contributed by atoms with E-state index in [0.29, 0.717) is 22.7 Å². The highest BCUT2D eigenvalue weighted by molar-refractivity contribution is 6.30. The number of phenols is 1. The molecule has 2 heterocycles. The summed E-state index contributed by atoms with van der Waals surface area (Å²) in [6.45, 7) is 2.02. The molecule has 0 saturated carbocycles. The van der Waals surface area contributed by atoms with E-state index in [2.05, 4.69) is 9.47 Å². The molecule has 4 rings (SSSR count). The average Bonchev–Trinajstić information content (AvgIpc) is 3.06. The molecule has 1 aliphatic heterocycles. The maximum absolute atomic E-state index is 11.7. The average molecular weight is 398 g/mol. The van der Waals surface area contributed by atoms with Crippen molar-refractivity contribution in [3.05, 3.63) is 92.8 Å². The third-order valence-corrected chi connectivity index (χ3v) is 5.43. The van der Waals surface area contributed by atoms with Crippen molar-refractivity contribution in [1.29, 1.82) is 0 Å². The van der Waals surface area contributed by atoms with Gasteiger partial charge in [-0.3, -0.25) is 15.0 Å². The van der Waals surface area contributed by atoms with Crippen LogP contribution in [-0.2, 0) is 13.1 Å². The molecule has 28 heavy (non-hydrogen) atoms. The molecule has 0 spiro atoms. The Morgan fingerprint density at radius 2 is 1.96 bits per heavy atom. The van der Waals surface area contributed by atoms with Gasteiger partial charge in [-0.05, 0) is 36.8 Å². The Morgan fingerprint density at radius 3 is 2.79 bits per heavy atom. The number of benzene rings is 2. The summed E-state index contributed by atoms with van der Waals surface area (Å²) in [6, 6.07) is 15.5. The van der Waals surface area contributed by atoms with Crippen molar-refractivity contribution in [2.75, 3.05) is 6.54 Å². The first-order valence-corrected chi connectivity index (χ1v) is 9.52. The summed E-state index contributed by atoms with van der Waals surface area (Å²) in [5.41, 5.74) is 2.46. The van der Waals surface area contributed by atoms with Crippen molar-refractivity contribution in [3.63, 3.8) is 0 Å². The molecule has 1 aliphatic rings. The standard InChI is InChI=1S/C21H20ClN3O3/c22-16-8-9-20(26)15(13-16)14-24-12-4-11-23-10-3-7-19(23)21(24)17-5-1-2-6-18(17)25(27)28/h1-3,5-10,13,21,26H,4,11-12,14H2/t21-/m0/s1. The number of nitrogens with zero attached hydrogens (tertiary/aromatic N) is 3. The Hall–Kier alpha value is -2.83. The Balaban J connectivity index is 1.83. The largest absolute Gasteiger partial charge is 0.508 e. The van der Waals surface area contributed by atoms with Crippen LogP contribution in [0.2, 0.25) is 5.02 Å². The summed E-state index contributed by atoms with van der Waals surface area (Å²) in [6.07, 6.45) is 2.91. The second-order valence-corrected chi connectivity index (χ2v) is 7.38. The SMILES string of the molecule is O=[N+]([O-])c1ccccc1[C@H]1c2cccn2CCCN1Cc1cc(Cl)ccc1O. The molecule has 7 heteroatoms. The summed E-state index contributed by atoms with van der Waals surface area (Å²) >= 11 is 6.13. The van der Waals surface area contributed by atoms with Gasteiger partial charge in [-0.25, -0.2) is 0 Å². The fourth-order valence-corrected chi connectivity index (χ4v) is 4.15. The minimum atomic E-state index is -0.331. The van der Waals surface area contributed by atoms with E-state index in [1.54, 1.807) is 30.3 Å². The van der Waals surface area contributed by atoms with Gasteiger partial charge in [-0.2, -0.15) is 0 Å². The van der Waals surface area contributed by atoms with Crippen molar-refractivity contribution in [2.45, 2.75) is 25.6 Å². The summed E-state index contributed by atoms with van der Waals surface area (Å²) in [4.78, 5) is 13.5. The number of fused-ring (bicyclic) bond motifs is 1. The van der Waals surface area contributed by atoms with Crippen molar-refractivity contribution in [2.24, 2.45) is 0 Å². The number of aromatic nitrogens is 1. The van der Waals surface area contributed by atoms with Crippen molar-refractivity contribution in [1.82, 2.24) is 9.47 Å². The molecule has 144 valence electrons. The molecule has 0 aliphatic carbocycles. The molecular weight excluding hydrogens is 378 g/mol. The zero-order chi connectivity index (χ0) is 19.7. The molecule has 1 aromatic heterocycles. The van der Waals surface area contributed by atoms with Gasteiger partial charge in [0, 0.05) is 48.2 Å². The summed E-state index contributed by atoms with van der Waals surface area (Å²) in [7, 11) is 0. The second kappa shape index (κ2) is 7.66. The van der Waals surface area contributed by atoms with E-state index in [9.17, 15) is 15.2 Å². The van der Waals surface area contributed by atoms with Crippen LogP contribution < -0.4 is 0 Å². The Labute approximate surface area is 167 Å². The lowest BCUT2D eigenvalue weighted by molar-refractivity contribution is -0.385. The maximum atomic E-state index is 11.7. The number of halogens is 1. The van der Waals surface area contributed by atoms with E-state index >= 15 is 0 Å². The predicted octanol–water partition coefficient (Wildman–Crippen LogP) is 4.75. The van der Waals surface area contributed by atoms with Gasteiger partial charge in [0.1, 0.15) is 5.75 Å². The summed E-state index contributed by atoms with van der Waals surface area (Å²) in [5.74, 6) is 0.172. The quantitative estimate of drug-likeness (QED) is 0.509. The first kappa shape index (κ1) is 18.5. The van der Waals surface area contributed by atoms with Gasteiger partial charge in [0.15, 0.2) is 0 Å². The number of para-hydroxylation sites is 1. The molecule has 1 atom stereocenters. The van der Waals surface area contributed by atoms with E-state index < -0.39 is 0 Å². The lowest BCUT2D eigenvalue weighted by Crippen LogP contribution is -2.30. The third kappa shape index (κ3) is 3.48. The number of aromatic hydroxyl groups is 1. The Kier molecular flexibility index (Phi) is 5.07. The minimum Gasteiger partial charge on any atom is -0.508 e. The second-order valence-electron chi connectivity index (χ2n) is 6.94. The number of nitro groups is 1. The van der Waals surface area contributed by atoms with Gasteiger partial charge in [0.05, 0.1) is 16.5 Å². The lowest BCUT2D eigenvalue weighted by Gasteiger charge is -2.30. The smallest absolute Gasteiger partial charge is 0.274 e. The number of phenolic OH excluding ortho intramolecular Hbond substituents is 1. The van der Waals surface area contributed by atoms with Crippen LogP contribution in [0.15, 0.2) is 60.8 Å². The minimum absolute atomic E-state index is 0.0995. The van der Waals surface area contributed by atoms with Crippen LogP contribution in [0.1, 0.15) is 29.3 Å². The van der Waals surface area contributed by atoms with Crippen LogP contribution in [0.3, 0.4) is 0 Å². The number of hydrogen-bond donors (Lipinski definition) is 1. The number of aryl methyl sites for hydroxylation is 1. The zero-order valence-electron chi connectivity index (χ0n) is 15.2. The highest BCUT2D eigenvalue weighted by atomic mass is 35.5. The Bertz CT molecular complexity index is 1020. The molecule has 0 amide bonds. The molecule has 0 radical (unpaired) electrons. The first-order valence-electron chi connectivity index (χ1n) is 9.14. The molecule has 3 aromatic rings. The summed E-state index contributed by atoms with van der Waals surface area (Å²) < 4.78 is 2.15. The summed E-state index contributed by atoms with van der Waals surface area (Å²) in [5, 5.41) is 22.5. The van der Waals surface area contributed by atoms with Crippen molar-refractivity contribution < 1.29 is 10.0 Å². The highest BCUT2D eigenvalue weighted by Gasteiger charge is 2.32. The van der Waals surface area contributed by atoms with Crippen LogP contribution in [-0.4, -0.2) is 26.0 Å². The fourth-order valence-electron chi connectivity index (χ4n) is 3.95. The Morgan fingerprint density at radius 1 is 1.14 bits per heavy atom. The van der Waals surface area contributed by atoms with E-state index in [-0.39, 0.29) is 22.4 Å². The topological polar surface area (TPSA) is 71.5 Å². The molecule has 6 nitrogen and oxygen atoms in total. The molecule has 0 saturated heterocycles. The van der Waals surface area contributed by atoms with Crippen LogP contribution in [0.4, 0.5) is 5.69 Å². The van der Waals surface area contributed by atoms with Gasteiger partial charge in [-0.1, -0.05) is 29.8 Å². The van der Waals surface area contributed by atoms with Gasteiger partial charge < -0.3 is 9.67 Å². The molecular formula is C21H20ClN3O3. The fraction of sp³-hybridized carbons (Fsp3) is 0.238. The van der Waals surface area contributed by atoms with Crippen LogP contribution in [0.5, 0.6) is 5.75 Å². The van der Waals surface area contributed by atoms with E-state index in [0.717, 1.165) is 25.2 Å². The number of hydrogen-bond acceptors (Lipinski definition) is 4. The van der Waals surface area contributed by atoms with E-state index in [1.807, 2.05) is 30.5 Å². The van der Waals surface area contributed by atoms with Crippen molar-refractivity contribution >= 4 is 17.3 Å². The lowest BCUT2D eigenvalue weighted by atomic mass is 9.99. The molecule has 1 N–H and O–H groups in total. The van der Waals surface area contributed by atoms with Gasteiger partial charge >= 0.3 is 0 Å². The number of rotatable bonds is 4.